The second kappa shape index (κ2) is 6.93. The van der Waals surface area contributed by atoms with Gasteiger partial charge in [-0.25, -0.2) is 13.9 Å². The smallest absolute Gasteiger partial charge is 0.262 e. The van der Waals surface area contributed by atoms with Crippen molar-refractivity contribution in [2.24, 2.45) is 0 Å². The number of nitrogens with zero attached hydrogens (tertiary/aromatic N) is 1. The van der Waals surface area contributed by atoms with Crippen LogP contribution in [0.15, 0.2) is 53.4 Å². The molecule has 8 nitrogen and oxygen atoms in total. The Labute approximate surface area is 161 Å². The van der Waals surface area contributed by atoms with Crippen molar-refractivity contribution in [3.8, 4) is 5.75 Å². The minimum atomic E-state index is -3.99. The number of fused-ring (bicyclic) bond motifs is 3. The van der Waals surface area contributed by atoms with Crippen molar-refractivity contribution < 1.29 is 23.2 Å². The molecule has 0 bridgehead atoms. The third-order valence-corrected chi connectivity index (χ3v) is 6.91. The third kappa shape index (κ3) is 2.93. The van der Waals surface area contributed by atoms with E-state index in [1.807, 2.05) is 24.3 Å². The summed E-state index contributed by atoms with van der Waals surface area (Å²) in [6, 6.07) is 12.5. The van der Waals surface area contributed by atoms with Gasteiger partial charge in [-0.3, -0.25) is 10.0 Å². The molecule has 0 fully saturated rings. The van der Waals surface area contributed by atoms with Crippen molar-refractivity contribution in [2.45, 2.75) is 23.9 Å². The Morgan fingerprint density at radius 3 is 2.61 bits per heavy atom. The number of benzene rings is 2. The fraction of sp³-hybridized carbons (Fsp3) is 0.211. The lowest BCUT2D eigenvalue weighted by molar-refractivity contribution is -0.133. The van der Waals surface area contributed by atoms with Crippen LogP contribution in [0.4, 0.5) is 0 Å². The van der Waals surface area contributed by atoms with E-state index in [-0.39, 0.29) is 17.9 Å². The molecular weight excluding hydrogens is 382 g/mol. The SMILES string of the molecule is COc1ccc(S(=O)(=O)N2Cc3[nH]c4ccccc4c3C[C@H]2C(=O)NO)cc1. The number of para-hydroxylation sites is 1. The summed E-state index contributed by atoms with van der Waals surface area (Å²) in [7, 11) is -2.49. The van der Waals surface area contributed by atoms with Gasteiger partial charge in [0, 0.05) is 23.0 Å². The first-order valence-electron chi connectivity index (χ1n) is 8.64. The minimum Gasteiger partial charge on any atom is -0.497 e. The summed E-state index contributed by atoms with van der Waals surface area (Å²) in [6.45, 7) is -0.00351. The van der Waals surface area contributed by atoms with E-state index in [4.69, 9.17) is 4.74 Å². The molecule has 4 rings (SSSR count). The summed E-state index contributed by atoms with van der Waals surface area (Å²) in [5.74, 6) is -0.242. The number of sulfonamides is 1. The number of hydrogen-bond acceptors (Lipinski definition) is 5. The zero-order valence-corrected chi connectivity index (χ0v) is 15.9. The van der Waals surface area contributed by atoms with Crippen LogP contribution in [-0.2, 0) is 27.8 Å². The summed E-state index contributed by atoms with van der Waals surface area (Å²) in [6.07, 6.45) is 0.154. The van der Waals surface area contributed by atoms with Crippen molar-refractivity contribution >= 4 is 26.8 Å². The summed E-state index contributed by atoms with van der Waals surface area (Å²) in [4.78, 5) is 15.6. The van der Waals surface area contributed by atoms with Gasteiger partial charge in [0.1, 0.15) is 11.8 Å². The quantitative estimate of drug-likeness (QED) is 0.456. The fourth-order valence-corrected chi connectivity index (χ4v) is 5.17. The molecule has 2 aromatic carbocycles. The maximum absolute atomic E-state index is 13.3. The standard InChI is InChI=1S/C19H19N3O5S/c1-27-12-6-8-13(9-7-12)28(25,26)22-11-17-15(10-18(22)19(23)21-24)14-4-2-3-5-16(14)20-17/h2-9,18,20,24H,10-11H2,1H3,(H,21,23)/t18-/m0/s1. The Morgan fingerprint density at radius 1 is 1.21 bits per heavy atom. The number of nitrogens with one attached hydrogen (secondary N) is 2. The van der Waals surface area contributed by atoms with E-state index in [2.05, 4.69) is 4.98 Å². The first-order chi connectivity index (χ1) is 13.5. The number of methoxy groups -OCH3 is 1. The molecule has 0 saturated heterocycles. The average Bonchev–Trinajstić information content (AvgIpc) is 3.10. The highest BCUT2D eigenvalue weighted by atomic mass is 32.2. The molecule has 9 heteroatoms. The summed E-state index contributed by atoms with van der Waals surface area (Å²) in [5, 5.41) is 10.1. The summed E-state index contributed by atoms with van der Waals surface area (Å²) < 4.78 is 32.7. The van der Waals surface area contributed by atoms with Crippen LogP contribution in [0.3, 0.4) is 0 Å². The molecule has 2 heterocycles. The van der Waals surface area contributed by atoms with Crippen molar-refractivity contribution in [3.63, 3.8) is 0 Å². The van der Waals surface area contributed by atoms with Gasteiger partial charge >= 0.3 is 0 Å². The second-order valence-electron chi connectivity index (χ2n) is 6.55. The van der Waals surface area contributed by atoms with Gasteiger partial charge in [0.25, 0.3) is 5.91 Å². The van der Waals surface area contributed by atoms with Crippen LogP contribution < -0.4 is 10.2 Å². The van der Waals surface area contributed by atoms with E-state index in [0.717, 1.165) is 26.5 Å². The van der Waals surface area contributed by atoms with Gasteiger partial charge in [0.05, 0.1) is 18.6 Å². The number of amides is 1. The molecule has 0 unspecified atom stereocenters. The van der Waals surface area contributed by atoms with E-state index < -0.39 is 22.0 Å². The zero-order chi connectivity index (χ0) is 19.9. The summed E-state index contributed by atoms with van der Waals surface area (Å²) >= 11 is 0. The van der Waals surface area contributed by atoms with Gasteiger partial charge < -0.3 is 9.72 Å². The van der Waals surface area contributed by atoms with Crippen LogP contribution in [0.2, 0.25) is 0 Å². The Bertz CT molecular complexity index is 1140. The van der Waals surface area contributed by atoms with Crippen molar-refractivity contribution in [1.82, 2.24) is 14.8 Å². The molecule has 1 aliphatic rings. The largest absolute Gasteiger partial charge is 0.497 e. The van der Waals surface area contributed by atoms with E-state index in [1.54, 1.807) is 17.6 Å². The van der Waals surface area contributed by atoms with Crippen LogP contribution >= 0.6 is 0 Å². The first kappa shape index (κ1) is 18.5. The third-order valence-electron chi connectivity index (χ3n) is 5.04. The van der Waals surface area contributed by atoms with Gasteiger partial charge in [-0.1, -0.05) is 18.2 Å². The zero-order valence-electron chi connectivity index (χ0n) is 15.0. The lowest BCUT2D eigenvalue weighted by atomic mass is 9.98. The van der Waals surface area contributed by atoms with Gasteiger partial charge in [0.2, 0.25) is 10.0 Å². The number of carbonyl (C=O) groups is 1. The number of rotatable bonds is 4. The number of H-pyrrole nitrogens is 1. The number of aromatic amines is 1. The van der Waals surface area contributed by atoms with Crippen LogP contribution in [0.25, 0.3) is 10.9 Å². The number of aromatic nitrogens is 1. The first-order valence-corrected chi connectivity index (χ1v) is 10.1. The molecule has 3 N–H and O–H groups in total. The van der Waals surface area contributed by atoms with Gasteiger partial charge in [-0.15, -0.1) is 0 Å². The number of hydroxylamine groups is 1. The molecule has 146 valence electrons. The van der Waals surface area contributed by atoms with Crippen LogP contribution in [0, 0.1) is 0 Å². The fourth-order valence-electron chi connectivity index (χ4n) is 3.62. The molecule has 0 saturated carbocycles. The Balaban J connectivity index is 1.80. The van der Waals surface area contributed by atoms with Crippen molar-refractivity contribution in [2.75, 3.05) is 7.11 Å². The molecular formula is C19H19N3O5S. The highest BCUT2D eigenvalue weighted by molar-refractivity contribution is 7.89. The van der Waals surface area contributed by atoms with Gasteiger partial charge in [-0.2, -0.15) is 4.31 Å². The van der Waals surface area contributed by atoms with Crippen LogP contribution in [-0.4, -0.2) is 42.0 Å². The number of ether oxygens (including phenoxy) is 1. The average molecular weight is 401 g/mol. The molecule has 0 aliphatic carbocycles. The van der Waals surface area contributed by atoms with E-state index in [1.165, 1.54) is 19.2 Å². The minimum absolute atomic E-state index is 0.00351. The normalized spacial score (nSPS) is 17.3. The highest BCUT2D eigenvalue weighted by Gasteiger charge is 2.40. The molecule has 0 spiro atoms. The molecule has 3 aromatic rings. The van der Waals surface area contributed by atoms with Gasteiger partial charge in [0.15, 0.2) is 0 Å². The van der Waals surface area contributed by atoms with E-state index in [0.29, 0.717) is 5.75 Å². The second-order valence-corrected chi connectivity index (χ2v) is 8.44. The molecule has 1 aliphatic heterocycles. The summed E-state index contributed by atoms with van der Waals surface area (Å²) in [5.41, 5.74) is 4.09. The molecule has 1 aromatic heterocycles. The molecule has 1 amide bonds. The predicted molar refractivity (Wildman–Crippen MR) is 101 cm³/mol. The maximum Gasteiger partial charge on any atom is 0.262 e. The Morgan fingerprint density at radius 2 is 1.93 bits per heavy atom. The Hall–Kier alpha value is -2.88. The number of hydrogen-bond donors (Lipinski definition) is 3. The monoisotopic (exact) mass is 401 g/mol. The Kier molecular flexibility index (Phi) is 4.58. The molecule has 1 atom stereocenters. The lowest BCUT2D eigenvalue weighted by Gasteiger charge is -2.33. The van der Waals surface area contributed by atoms with Gasteiger partial charge in [-0.05, 0) is 35.9 Å². The van der Waals surface area contributed by atoms with Crippen LogP contribution in [0.5, 0.6) is 5.75 Å². The maximum atomic E-state index is 13.3. The van der Waals surface area contributed by atoms with Crippen molar-refractivity contribution in [1.29, 1.82) is 0 Å². The van der Waals surface area contributed by atoms with E-state index >= 15 is 0 Å². The number of carbonyl (C=O) groups excluding carboxylic acids is 1. The van der Waals surface area contributed by atoms with E-state index in [9.17, 15) is 18.4 Å². The van der Waals surface area contributed by atoms with Crippen molar-refractivity contribution in [3.05, 3.63) is 59.8 Å². The highest BCUT2D eigenvalue weighted by Crippen LogP contribution is 2.33. The molecule has 28 heavy (non-hydrogen) atoms. The topological polar surface area (TPSA) is 112 Å². The predicted octanol–water partition coefficient (Wildman–Crippen LogP) is 1.80. The lowest BCUT2D eigenvalue weighted by Crippen LogP contribution is -2.51. The van der Waals surface area contributed by atoms with Crippen LogP contribution in [0.1, 0.15) is 11.3 Å². The molecule has 0 radical (unpaired) electrons.